The number of hydrogen-bond donors (Lipinski definition) is 2. The summed E-state index contributed by atoms with van der Waals surface area (Å²) in [6.45, 7) is 3.99. The van der Waals surface area contributed by atoms with E-state index in [0.717, 1.165) is 24.3 Å². The number of carbonyl (C=O) groups excluding carboxylic acids is 1. The number of nitrogens with zero attached hydrogens (tertiary/aromatic N) is 1. The molecule has 4 rings (SSSR count). The maximum Gasteiger partial charge on any atom is 0.257 e. The Kier molecular flexibility index (Phi) is 5.50. The lowest BCUT2D eigenvalue weighted by molar-refractivity contribution is 0.0637. The van der Waals surface area contributed by atoms with E-state index in [4.69, 9.17) is 9.47 Å². The van der Waals surface area contributed by atoms with Gasteiger partial charge in [0.1, 0.15) is 18.1 Å². The predicted molar refractivity (Wildman–Crippen MR) is 108 cm³/mol. The second kappa shape index (κ2) is 8.20. The summed E-state index contributed by atoms with van der Waals surface area (Å²) < 4.78 is 11.4. The number of para-hydroxylation sites is 1. The van der Waals surface area contributed by atoms with Crippen LogP contribution in [0.1, 0.15) is 22.3 Å². The molecule has 0 radical (unpaired) electrons. The van der Waals surface area contributed by atoms with Crippen molar-refractivity contribution in [3.63, 3.8) is 0 Å². The van der Waals surface area contributed by atoms with Gasteiger partial charge >= 0.3 is 0 Å². The van der Waals surface area contributed by atoms with Gasteiger partial charge in [-0.2, -0.15) is 0 Å². The van der Waals surface area contributed by atoms with Gasteiger partial charge < -0.3 is 14.4 Å². The number of nitrogens with one attached hydrogen (secondary N) is 2. The Labute approximate surface area is 165 Å². The van der Waals surface area contributed by atoms with Crippen molar-refractivity contribution in [2.75, 3.05) is 26.8 Å². The number of ether oxygens (including phenoxy) is 2. The van der Waals surface area contributed by atoms with Gasteiger partial charge in [-0.1, -0.05) is 29.8 Å². The molecule has 1 amide bonds. The number of amides is 1. The third-order valence-electron chi connectivity index (χ3n) is 5.67. The van der Waals surface area contributed by atoms with Crippen LogP contribution in [-0.2, 0) is 0 Å². The normalized spacial score (nSPS) is 23.9. The molecule has 2 saturated heterocycles. The smallest absolute Gasteiger partial charge is 0.257 e. The van der Waals surface area contributed by atoms with E-state index in [1.165, 1.54) is 0 Å². The van der Waals surface area contributed by atoms with Crippen LogP contribution in [0.3, 0.4) is 0 Å². The zero-order valence-corrected chi connectivity index (χ0v) is 16.4. The van der Waals surface area contributed by atoms with Crippen LogP contribution in [0.4, 0.5) is 0 Å². The summed E-state index contributed by atoms with van der Waals surface area (Å²) in [5, 5.41) is 0. The molecule has 2 aromatic rings. The summed E-state index contributed by atoms with van der Waals surface area (Å²) in [5.74, 6) is 1.83. The molecule has 2 aromatic carbocycles. The fraction of sp³-hybridized carbons (Fsp3) is 0.409. The Bertz CT molecular complexity index is 827. The Balaban J connectivity index is 1.44. The molecule has 3 unspecified atom stereocenters. The van der Waals surface area contributed by atoms with E-state index in [2.05, 4.69) is 10.9 Å². The maximum absolute atomic E-state index is 13.2. The number of rotatable bonds is 5. The molecule has 2 heterocycles. The lowest BCUT2D eigenvalue weighted by Crippen LogP contribution is -2.49. The van der Waals surface area contributed by atoms with E-state index < -0.39 is 0 Å². The van der Waals surface area contributed by atoms with E-state index in [1.807, 2.05) is 60.4 Å². The average Bonchev–Trinajstić information content (AvgIpc) is 3.14. The molecule has 6 heteroatoms. The number of hydrazine groups is 1. The number of hydrogen-bond acceptors (Lipinski definition) is 5. The minimum Gasteiger partial charge on any atom is -0.496 e. The Morgan fingerprint density at radius 1 is 1.18 bits per heavy atom. The van der Waals surface area contributed by atoms with Crippen LogP contribution in [0.5, 0.6) is 11.5 Å². The standard InChI is InChI=1S/C22H27N3O3/c1-15-8-9-21(27-2)17(12-15)22(26)25-11-10-19-18(13-25)20(24-23-19)14-28-16-6-4-3-5-7-16/h3-9,12,18-20,23-24H,10-11,13-14H2,1-2H3. The molecular weight excluding hydrogens is 354 g/mol. The van der Waals surface area contributed by atoms with Gasteiger partial charge in [-0.3, -0.25) is 15.6 Å². The Morgan fingerprint density at radius 3 is 2.79 bits per heavy atom. The van der Waals surface area contributed by atoms with Crippen LogP contribution in [0.25, 0.3) is 0 Å². The topological polar surface area (TPSA) is 62.8 Å². The first kappa shape index (κ1) is 18.8. The number of benzene rings is 2. The first-order chi connectivity index (χ1) is 13.7. The summed E-state index contributed by atoms with van der Waals surface area (Å²) >= 11 is 0. The SMILES string of the molecule is COc1ccc(C)cc1C(=O)N1CCC2NNC(COc3ccccc3)C2C1. The zero-order valence-electron chi connectivity index (χ0n) is 16.4. The van der Waals surface area contributed by atoms with Gasteiger partial charge in [0.15, 0.2) is 0 Å². The molecule has 2 fully saturated rings. The van der Waals surface area contributed by atoms with Gasteiger partial charge in [-0.05, 0) is 37.6 Å². The van der Waals surface area contributed by atoms with Crippen LogP contribution < -0.4 is 20.3 Å². The lowest BCUT2D eigenvalue weighted by atomic mass is 9.88. The summed E-state index contributed by atoms with van der Waals surface area (Å²) in [5.41, 5.74) is 8.43. The van der Waals surface area contributed by atoms with Crippen molar-refractivity contribution in [1.82, 2.24) is 15.8 Å². The quantitative estimate of drug-likeness (QED) is 0.833. The summed E-state index contributed by atoms with van der Waals surface area (Å²) in [6, 6.07) is 16.1. The molecule has 2 aliphatic rings. The molecule has 0 bridgehead atoms. The number of carbonyl (C=O) groups is 1. The van der Waals surface area contributed by atoms with E-state index in [0.29, 0.717) is 36.4 Å². The molecule has 0 aromatic heterocycles. The van der Waals surface area contributed by atoms with Gasteiger partial charge in [0.05, 0.1) is 18.7 Å². The van der Waals surface area contributed by atoms with E-state index >= 15 is 0 Å². The minimum absolute atomic E-state index is 0.0358. The van der Waals surface area contributed by atoms with Crippen LogP contribution in [0.15, 0.2) is 48.5 Å². The molecule has 0 saturated carbocycles. The average molecular weight is 381 g/mol. The summed E-state index contributed by atoms with van der Waals surface area (Å²) in [4.78, 5) is 15.1. The van der Waals surface area contributed by atoms with Gasteiger partial charge in [-0.15, -0.1) is 0 Å². The monoisotopic (exact) mass is 381 g/mol. The van der Waals surface area contributed by atoms with Crippen molar-refractivity contribution < 1.29 is 14.3 Å². The van der Waals surface area contributed by atoms with Gasteiger partial charge in [-0.25, -0.2) is 0 Å². The van der Waals surface area contributed by atoms with Gasteiger partial charge in [0.25, 0.3) is 5.91 Å². The largest absolute Gasteiger partial charge is 0.496 e. The first-order valence-electron chi connectivity index (χ1n) is 9.78. The number of fused-ring (bicyclic) bond motifs is 1. The zero-order chi connectivity index (χ0) is 19.5. The van der Waals surface area contributed by atoms with E-state index in [1.54, 1.807) is 7.11 Å². The highest BCUT2D eigenvalue weighted by molar-refractivity contribution is 5.97. The molecule has 0 aliphatic carbocycles. The predicted octanol–water partition coefficient (Wildman–Crippen LogP) is 2.39. The second-order valence-electron chi connectivity index (χ2n) is 7.53. The van der Waals surface area contributed by atoms with Gasteiger partial charge in [0.2, 0.25) is 0 Å². The third kappa shape index (κ3) is 3.84. The molecule has 0 spiro atoms. The minimum atomic E-state index is 0.0358. The molecule has 2 N–H and O–H groups in total. The maximum atomic E-state index is 13.2. The second-order valence-corrected chi connectivity index (χ2v) is 7.53. The molecule has 3 atom stereocenters. The highest BCUT2D eigenvalue weighted by atomic mass is 16.5. The van der Waals surface area contributed by atoms with Crippen LogP contribution >= 0.6 is 0 Å². The Morgan fingerprint density at radius 2 is 2.00 bits per heavy atom. The van der Waals surface area contributed by atoms with E-state index in [9.17, 15) is 4.79 Å². The third-order valence-corrected chi connectivity index (χ3v) is 5.67. The van der Waals surface area contributed by atoms with Crippen molar-refractivity contribution in [3.05, 3.63) is 59.7 Å². The first-order valence-corrected chi connectivity index (χ1v) is 9.78. The highest BCUT2D eigenvalue weighted by Crippen LogP contribution is 2.28. The van der Waals surface area contributed by atoms with E-state index in [-0.39, 0.29) is 11.9 Å². The van der Waals surface area contributed by atoms with Crippen molar-refractivity contribution in [1.29, 1.82) is 0 Å². The lowest BCUT2D eigenvalue weighted by Gasteiger charge is -2.36. The van der Waals surface area contributed by atoms with Gasteiger partial charge in [0, 0.05) is 25.0 Å². The number of methoxy groups -OCH3 is 1. The van der Waals surface area contributed by atoms with Crippen molar-refractivity contribution in [2.45, 2.75) is 25.4 Å². The molecule has 2 aliphatic heterocycles. The fourth-order valence-corrected chi connectivity index (χ4v) is 4.10. The van der Waals surface area contributed by atoms with Crippen LogP contribution in [0, 0.1) is 12.8 Å². The molecular formula is C22H27N3O3. The fourth-order valence-electron chi connectivity index (χ4n) is 4.10. The Hall–Kier alpha value is -2.57. The van der Waals surface area contributed by atoms with Crippen molar-refractivity contribution in [2.24, 2.45) is 5.92 Å². The molecule has 28 heavy (non-hydrogen) atoms. The molecule has 6 nitrogen and oxygen atoms in total. The molecule has 148 valence electrons. The van der Waals surface area contributed by atoms with Crippen LogP contribution in [0.2, 0.25) is 0 Å². The summed E-state index contributed by atoms with van der Waals surface area (Å²) in [6.07, 6.45) is 0.916. The van der Waals surface area contributed by atoms with Crippen LogP contribution in [-0.4, -0.2) is 49.7 Å². The number of likely N-dealkylation sites (tertiary alicyclic amines) is 1. The van der Waals surface area contributed by atoms with Crippen molar-refractivity contribution >= 4 is 5.91 Å². The summed E-state index contributed by atoms with van der Waals surface area (Å²) in [7, 11) is 1.61. The highest BCUT2D eigenvalue weighted by Gasteiger charge is 2.41. The number of piperidine rings is 1. The van der Waals surface area contributed by atoms with Crippen molar-refractivity contribution in [3.8, 4) is 11.5 Å². The number of aryl methyl sites for hydroxylation is 1.